The van der Waals surface area contributed by atoms with Crippen LogP contribution >= 0.6 is 0 Å². The first-order valence-electron chi connectivity index (χ1n) is 6.90. The number of carbonyl (C=O) groups excluding carboxylic acids is 1. The molecule has 0 aliphatic heterocycles. The van der Waals surface area contributed by atoms with E-state index in [1.807, 2.05) is 13.8 Å². The second-order valence-corrected chi connectivity index (χ2v) is 5.18. The summed E-state index contributed by atoms with van der Waals surface area (Å²) >= 11 is 0. The molecule has 4 nitrogen and oxygen atoms in total. The van der Waals surface area contributed by atoms with Gasteiger partial charge in [-0.2, -0.15) is 0 Å². The minimum Gasteiger partial charge on any atom is -0.494 e. The van der Waals surface area contributed by atoms with Gasteiger partial charge in [0.2, 0.25) is 5.91 Å². The van der Waals surface area contributed by atoms with E-state index in [-0.39, 0.29) is 11.7 Å². The Balaban J connectivity index is 2.12. The van der Waals surface area contributed by atoms with Crippen LogP contribution in [0.4, 0.5) is 4.39 Å². The topological polar surface area (TPSA) is 64.4 Å². The SMILES string of the molecule is CC(C)C[C@H](N)C(=O)NCCCOc1ccc(F)cc1. The summed E-state index contributed by atoms with van der Waals surface area (Å²) in [5, 5.41) is 2.78. The number of carbonyl (C=O) groups is 1. The molecule has 1 aromatic rings. The van der Waals surface area contributed by atoms with Gasteiger partial charge < -0.3 is 15.8 Å². The van der Waals surface area contributed by atoms with Crippen molar-refractivity contribution in [3.63, 3.8) is 0 Å². The lowest BCUT2D eigenvalue weighted by molar-refractivity contribution is -0.122. The summed E-state index contributed by atoms with van der Waals surface area (Å²) in [6, 6.07) is 5.40. The number of benzene rings is 1. The average Bonchev–Trinajstić information content (AvgIpc) is 2.39. The van der Waals surface area contributed by atoms with E-state index < -0.39 is 6.04 Å². The molecule has 112 valence electrons. The average molecular weight is 282 g/mol. The third-order valence-electron chi connectivity index (χ3n) is 2.76. The molecule has 1 aromatic carbocycles. The van der Waals surface area contributed by atoms with E-state index in [0.717, 1.165) is 0 Å². The number of nitrogens with two attached hydrogens (primary N) is 1. The Hall–Kier alpha value is -1.62. The van der Waals surface area contributed by atoms with Gasteiger partial charge in [-0.05, 0) is 43.0 Å². The normalized spacial score (nSPS) is 12.2. The Bertz CT molecular complexity index is 407. The fraction of sp³-hybridized carbons (Fsp3) is 0.533. The van der Waals surface area contributed by atoms with E-state index in [2.05, 4.69) is 5.32 Å². The molecule has 0 aromatic heterocycles. The van der Waals surface area contributed by atoms with Crippen molar-refractivity contribution in [3.8, 4) is 5.75 Å². The van der Waals surface area contributed by atoms with Crippen molar-refractivity contribution >= 4 is 5.91 Å². The molecule has 0 unspecified atom stereocenters. The molecule has 1 atom stereocenters. The van der Waals surface area contributed by atoms with Gasteiger partial charge in [0.15, 0.2) is 0 Å². The van der Waals surface area contributed by atoms with Gasteiger partial charge in [0.1, 0.15) is 11.6 Å². The van der Waals surface area contributed by atoms with Crippen LogP contribution in [0.15, 0.2) is 24.3 Å². The van der Waals surface area contributed by atoms with Crippen LogP contribution in [0, 0.1) is 11.7 Å². The molecule has 0 spiro atoms. The molecule has 1 amide bonds. The maximum absolute atomic E-state index is 12.7. The van der Waals surface area contributed by atoms with E-state index in [9.17, 15) is 9.18 Å². The highest BCUT2D eigenvalue weighted by molar-refractivity contribution is 5.81. The molecule has 0 aliphatic carbocycles. The van der Waals surface area contributed by atoms with Gasteiger partial charge in [-0.1, -0.05) is 13.8 Å². The minimum atomic E-state index is -0.451. The third kappa shape index (κ3) is 6.52. The zero-order chi connectivity index (χ0) is 15.0. The first-order valence-corrected chi connectivity index (χ1v) is 6.90. The fourth-order valence-corrected chi connectivity index (χ4v) is 1.75. The van der Waals surface area contributed by atoms with E-state index in [1.165, 1.54) is 12.1 Å². The van der Waals surface area contributed by atoms with E-state index in [1.54, 1.807) is 12.1 Å². The largest absolute Gasteiger partial charge is 0.494 e. The quantitative estimate of drug-likeness (QED) is 0.718. The van der Waals surface area contributed by atoms with E-state index in [4.69, 9.17) is 10.5 Å². The molecule has 1 rings (SSSR count). The van der Waals surface area contributed by atoms with E-state index in [0.29, 0.717) is 37.7 Å². The fourth-order valence-electron chi connectivity index (χ4n) is 1.75. The molecule has 0 heterocycles. The predicted octanol–water partition coefficient (Wildman–Crippen LogP) is 2.08. The smallest absolute Gasteiger partial charge is 0.236 e. The van der Waals surface area contributed by atoms with Crippen molar-refractivity contribution < 1.29 is 13.9 Å². The van der Waals surface area contributed by atoms with Gasteiger partial charge in [0.05, 0.1) is 12.6 Å². The molecule has 0 saturated carbocycles. The van der Waals surface area contributed by atoms with Crippen molar-refractivity contribution in [1.82, 2.24) is 5.32 Å². The first-order chi connectivity index (χ1) is 9.49. The lowest BCUT2D eigenvalue weighted by Gasteiger charge is -2.14. The standard InChI is InChI=1S/C15H23FN2O2/c1-11(2)10-14(17)15(19)18-8-3-9-20-13-6-4-12(16)5-7-13/h4-7,11,14H,3,8-10,17H2,1-2H3,(H,18,19)/t14-/m0/s1. The molecule has 3 N–H and O–H groups in total. The Kier molecular flexibility index (Phi) is 7.01. The van der Waals surface area contributed by atoms with Crippen LogP contribution in [0.5, 0.6) is 5.75 Å². The minimum absolute atomic E-state index is 0.125. The zero-order valence-electron chi connectivity index (χ0n) is 12.1. The number of rotatable bonds is 8. The Morgan fingerprint density at radius 1 is 1.35 bits per heavy atom. The Morgan fingerprint density at radius 3 is 2.60 bits per heavy atom. The summed E-state index contributed by atoms with van der Waals surface area (Å²) < 4.78 is 18.1. The van der Waals surface area contributed by atoms with Gasteiger partial charge >= 0.3 is 0 Å². The maximum Gasteiger partial charge on any atom is 0.236 e. The number of nitrogens with one attached hydrogen (secondary N) is 1. The second kappa shape index (κ2) is 8.53. The molecule has 20 heavy (non-hydrogen) atoms. The maximum atomic E-state index is 12.7. The highest BCUT2D eigenvalue weighted by Crippen LogP contribution is 2.10. The molecule has 0 aliphatic rings. The summed E-state index contributed by atoms with van der Waals surface area (Å²) in [5.41, 5.74) is 5.76. The van der Waals surface area contributed by atoms with Crippen molar-refractivity contribution in [1.29, 1.82) is 0 Å². The monoisotopic (exact) mass is 282 g/mol. The summed E-state index contributed by atoms with van der Waals surface area (Å²) in [5.74, 6) is 0.607. The van der Waals surface area contributed by atoms with Gasteiger partial charge in [-0.15, -0.1) is 0 Å². The van der Waals surface area contributed by atoms with Crippen molar-refractivity contribution in [2.24, 2.45) is 11.7 Å². The van der Waals surface area contributed by atoms with Crippen LogP contribution < -0.4 is 15.8 Å². The highest BCUT2D eigenvalue weighted by atomic mass is 19.1. The van der Waals surface area contributed by atoms with Crippen LogP contribution in [0.1, 0.15) is 26.7 Å². The zero-order valence-corrected chi connectivity index (χ0v) is 12.1. The number of hydrogen-bond acceptors (Lipinski definition) is 3. The van der Waals surface area contributed by atoms with Gasteiger partial charge in [0.25, 0.3) is 0 Å². The molecule has 0 fully saturated rings. The molecule has 5 heteroatoms. The molecule has 0 radical (unpaired) electrons. The van der Waals surface area contributed by atoms with Crippen LogP contribution in [0.2, 0.25) is 0 Å². The molecule has 0 saturated heterocycles. The van der Waals surface area contributed by atoms with Crippen LogP contribution in [0.25, 0.3) is 0 Å². The number of halogens is 1. The van der Waals surface area contributed by atoms with Crippen molar-refractivity contribution in [2.45, 2.75) is 32.7 Å². The van der Waals surface area contributed by atoms with Crippen LogP contribution in [-0.4, -0.2) is 25.1 Å². The van der Waals surface area contributed by atoms with Crippen molar-refractivity contribution in [3.05, 3.63) is 30.1 Å². The summed E-state index contributed by atoms with van der Waals surface area (Å²) in [6.45, 7) is 5.05. The van der Waals surface area contributed by atoms with Gasteiger partial charge in [-0.3, -0.25) is 4.79 Å². The lowest BCUT2D eigenvalue weighted by atomic mass is 10.0. The molecular formula is C15H23FN2O2. The Labute approximate surface area is 119 Å². The first kappa shape index (κ1) is 16.4. The van der Waals surface area contributed by atoms with Gasteiger partial charge in [-0.25, -0.2) is 4.39 Å². The number of amides is 1. The third-order valence-corrected chi connectivity index (χ3v) is 2.76. The van der Waals surface area contributed by atoms with Crippen molar-refractivity contribution in [2.75, 3.05) is 13.2 Å². The molecular weight excluding hydrogens is 259 g/mol. The highest BCUT2D eigenvalue weighted by Gasteiger charge is 2.13. The summed E-state index contributed by atoms with van der Waals surface area (Å²) in [7, 11) is 0. The lowest BCUT2D eigenvalue weighted by Crippen LogP contribution is -2.41. The number of hydrogen-bond donors (Lipinski definition) is 2. The van der Waals surface area contributed by atoms with Crippen LogP contribution in [-0.2, 0) is 4.79 Å². The Morgan fingerprint density at radius 2 is 2.00 bits per heavy atom. The molecule has 0 bridgehead atoms. The van der Waals surface area contributed by atoms with Crippen LogP contribution in [0.3, 0.4) is 0 Å². The number of ether oxygens (including phenoxy) is 1. The van der Waals surface area contributed by atoms with E-state index >= 15 is 0 Å². The van der Waals surface area contributed by atoms with Gasteiger partial charge in [0, 0.05) is 6.54 Å². The predicted molar refractivity (Wildman–Crippen MR) is 77.0 cm³/mol. The second-order valence-electron chi connectivity index (χ2n) is 5.18. The summed E-state index contributed by atoms with van der Waals surface area (Å²) in [4.78, 5) is 11.6. The summed E-state index contributed by atoms with van der Waals surface area (Å²) in [6.07, 6.45) is 1.36.